The van der Waals surface area contributed by atoms with Crippen molar-refractivity contribution in [3.63, 3.8) is 0 Å². The zero-order valence-electron chi connectivity index (χ0n) is 11.0. The van der Waals surface area contributed by atoms with Crippen LogP contribution in [0.3, 0.4) is 0 Å². The molecule has 0 bridgehead atoms. The highest BCUT2D eigenvalue weighted by Gasteiger charge is 2.20. The Balaban J connectivity index is 0.00000144. The lowest BCUT2D eigenvalue weighted by molar-refractivity contribution is 0.590. The quantitative estimate of drug-likeness (QED) is 0.651. The number of benzene rings is 1. The summed E-state index contributed by atoms with van der Waals surface area (Å²) in [7, 11) is 0. The normalized spacial score (nSPS) is 14.4. The van der Waals surface area contributed by atoms with Crippen molar-refractivity contribution in [3.05, 3.63) is 29.3 Å². The molecule has 0 spiro atoms. The van der Waals surface area contributed by atoms with Crippen LogP contribution in [-0.4, -0.2) is 5.71 Å². The third-order valence-electron chi connectivity index (χ3n) is 3.25. The van der Waals surface area contributed by atoms with Crippen LogP contribution < -0.4 is 0 Å². The first-order valence-corrected chi connectivity index (χ1v) is 6.09. The Labute approximate surface area is 106 Å². The van der Waals surface area contributed by atoms with E-state index in [9.17, 15) is 0 Å². The van der Waals surface area contributed by atoms with Crippen LogP contribution in [0.25, 0.3) is 0 Å². The monoisotopic (exact) mass is 231 g/mol. The smallest absolute Gasteiger partial charge is 0.0668 e. The van der Waals surface area contributed by atoms with Crippen LogP contribution in [-0.2, 0) is 11.8 Å². The van der Waals surface area contributed by atoms with E-state index in [1.807, 2.05) is 0 Å². The van der Waals surface area contributed by atoms with Crippen LogP contribution in [0, 0.1) is 5.92 Å². The van der Waals surface area contributed by atoms with Gasteiger partial charge < -0.3 is 0 Å². The van der Waals surface area contributed by atoms with Crippen molar-refractivity contribution in [2.45, 2.75) is 53.9 Å². The molecule has 0 unspecified atom stereocenters. The molecule has 17 heavy (non-hydrogen) atoms. The Morgan fingerprint density at radius 3 is 2.35 bits per heavy atom. The fourth-order valence-corrected chi connectivity index (χ4v) is 2.01. The van der Waals surface area contributed by atoms with Gasteiger partial charge in [0.2, 0.25) is 0 Å². The van der Waals surface area contributed by atoms with E-state index in [1.165, 1.54) is 22.5 Å². The molecule has 0 aromatic heterocycles. The highest BCUT2D eigenvalue weighted by molar-refractivity contribution is 5.95. The van der Waals surface area contributed by atoms with Gasteiger partial charge in [0.25, 0.3) is 0 Å². The second-order valence-corrected chi connectivity index (χ2v) is 6.03. The van der Waals surface area contributed by atoms with E-state index in [0.29, 0.717) is 5.92 Å². The van der Waals surface area contributed by atoms with Crippen LogP contribution in [0.15, 0.2) is 23.2 Å². The average Bonchev–Trinajstić information content (AvgIpc) is 2.58. The number of fused-ring (bicyclic) bond motifs is 1. The largest absolute Gasteiger partial charge is 0.257 e. The molecule has 1 heteroatoms. The second kappa shape index (κ2) is 4.64. The van der Waals surface area contributed by atoms with Crippen molar-refractivity contribution >= 4 is 11.4 Å². The third kappa shape index (κ3) is 2.77. The number of aliphatic imine (C=N–C) groups is 1. The van der Waals surface area contributed by atoms with Crippen LogP contribution >= 0.6 is 0 Å². The van der Waals surface area contributed by atoms with Crippen LogP contribution in [0.2, 0.25) is 0 Å². The summed E-state index contributed by atoms with van der Waals surface area (Å²) in [5, 5.41) is 0. The number of hydrogen-bond acceptors (Lipinski definition) is 1. The first kappa shape index (κ1) is 14.0. The number of hydrogen-bond donors (Lipinski definition) is 0. The van der Waals surface area contributed by atoms with Crippen molar-refractivity contribution in [2.24, 2.45) is 10.9 Å². The molecule has 0 N–H and O–H groups in total. The minimum atomic E-state index is 0. The van der Waals surface area contributed by atoms with Gasteiger partial charge in [0.1, 0.15) is 0 Å². The fourth-order valence-electron chi connectivity index (χ4n) is 2.01. The Kier molecular flexibility index (Phi) is 3.81. The minimum Gasteiger partial charge on any atom is -0.257 e. The van der Waals surface area contributed by atoms with Gasteiger partial charge in [-0.25, -0.2) is 0 Å². The molecule has 1 aromatic carbocycles. The molecule has 0 saturated carbocycles. The minimum absolute atomic E-state index is 0. The molecule has 1 aromatic rings. The molecule has 2 rings (SSSR count). The summed E-state index contributed by atoms with van der Waals surface area (Å²) < 4.78 is 0. The van der Waals surface area contributed by atoms with E-state index in [4.69, 9.17) is 4.99 Å². The van der Waals surface area contributed by atoms with Crippen molar-refractivity contribution in [1.29, 1.82) is 0 Å². The Morgan fingerprint density at radius 2 is 1.82 bits per heavy atom. The van der Waals surface area contributed by atoms with Crippen molar-refractivity contribution < 1.29 is 0 Å². The summed E-state index contributed by atoms with van der Waals surface area (Å²) >= 11 is 0. The van der Waals surface area contributed by atoms with Crippen LogP contribution in [0.4, 0.5) is 5.69 Å². The van der Waals surface area contributed by atoms with Gasteiger partial charge in [0, 0.05) is 12.1 Å². The van der Waals surface area contributed by atoms with Gasteiger partial charge >= 0.3 is 0 Å². The summed E-state index contributed by atoms with van der Waals surface area (Å²) in [6, 6.07) is 6.75. The maximum absolute atomic E-state index is 4.74. The van der Waals surface area contributed by atoms with Gasteiger partial charge in [-0.3, -0.25) is 4.99 Å². The van der Waals surface area contributed by atoms with E-state index in [-0.39, 0.29) is 12.8 Å². The second-order valence-electron chi connectivity index (χ2n) is 6.03. The van der Waals surface area contributed by atoms with E-state index in [2.05, 4.69) is 52.8 Å². The lowest BCUT2D eigenvalue weighted by Crippen LogP contribution is -2.10. The highest BCUT2D eigenvalue weighted by atomic mass is 14.8. The first-order chi connectivity index (χ1) is 7.38. The Morgan fingerprint density at radius 1 is 1.18 bits per heavy atom. The fraction of sp³-hybridized carbons (Fsp3) is 0.562. The Hall–Kier alpha value is -1.11. The lowest BCUT2D eigenvalue weighted by Gasteiger charge is -2.19. The van der Waals surface area contributed by atoms with Crippen molar-refractivity contribution in [2.75, 3.05) is 0 Å². The maximum Gasteiger partial charge on any atom is 0.0668 e. The van der Waals surface area contributed by atoms with Gasteiger partial charge in [-0.2, -0.15) is 0 Å². The van der Waals surface area contributed by atoms with Gasteiger partial charge in [0.15, 0.2) is 0 Å². The van der Waals surface area contributed by atoms with E-state index in [0.717, 1.165) is 6.42 Å². The van der Waals surface area contributed by atoms with E-state index < -0.39 is 0 Å². The standard InChI is InChI=1S/C15H21N.CH4/c1-10(2)13-8-11-6-7-12(15(3,4)5)9-14(11)16-13;/h6-7,9-10H,8H2,1-5H3;1H4. The van der Waals surface area contributed by atoms with E-state index >= 15 is 0 Å². The molecule has 1 heterocycles. The van der Waals surface area contributed by atoms with Crippen molar-refractivity contribution in [1.82, 2.24) is 0 Å². The predicted molar refractivity (Wildman–Crippen MR) is 77.5 cm³/mol. The molecule has 1 aliphatic heterocycles. The van der Waals surface area contributed by atoms with E-state index in [1.54, 1.807) is 0 Å². The zero-order valence-corrected chi connectivity index (χ0v) is 11.0. The lowest BCUT2D eigenvalue weighted by atomic mass is 9.86. The predicted octanol–water partition coefficient (Wildman–Crippen LogP) is 4.90. The molecule has 94 valence electrons. The van der Waals surface area contributed by atoms with Gasteiger partial charge in [-0.1, -0.05) is 54.2 Å². The molecule has 0 saturated heterocycles. The molecule has 1 aliphatic rings. The van der Waals surface area contributed by atoms with Crippen molar-refractivity contribution in [3.8, 4) is 0 Å². The molecule has 0 atom stereocenters. The van der Waals surface area contributed by atoms with Gasteiger partial charge in [-0.15, -0.1) is 0 Å². The SMILES string of the molecule is C.CC(C)C1=Nc2cc(C(C)(C)C)ccc2C1. The first-order valence-electron chi connectivity index (χ1n) is 6.09. The van der Waals surface area contributed by atoms with Crippen LogP contribution in [0.5, 0.6) is 0 Å². The average molecular weight is 231 g/mol. The molecule has 0 radical (unpaired) electrons. The van der Waals surface area contributed by atoms with Gasteiger partial charge in [0.05, 0.1) is 5.69 Å². The summed E-state index contributed by atoms with van der Waals surface area (Å²) in [6.45, 7) is 11.2. The summed E-state index contributed by atoms with van der Waals surface area (Å²) in [4.78, 5) is 4.74. The topological polar surface area (TPSA) is 12.4 Å². The summed E-state index contributed by atoms with van der Waals surface area (Å²) in [5.74, 6) is 0.561. The molecule has 0 amide bonds. The Bertz CT molecular complexity index is 433. The molecule has 0 aliphatic carbocycles. The molecule has 0 fully saturated rings. The number of nitrogens with zero attached hydrogens (tertiary/aromatic N) is 1. The molecular formula is C16H25N. The summed E-state index contributed by atoms with van der Waals surface area (Å²) in [5.41, 5.74) is 5.49. The molecular weight excluding hydrogens is 206 g/mol. The number of rotatable bonds is 1. The summed E-state index contributed by atoms with van der Waals surface area (Å²) in [6.07, 6.45) is 1.04. The third-order valence-corrected chi connectivity index (χ3v) is 3.25. The van der Waals surface area contributed by atoms with Gasteiger partial charge in [-0.05, 0) is 28.5 Å². The maximum atomic E-state index is 4.74. The zero-order chi connectivity index (χ0) is 11.9. The van der Waals surface area contributed by atoms with Crippen LogP contribution in [0.1, 0.15) is 53.2 Å². The molecule has 1 nitrogen and oxygen atoms in total. The highest BCUT2D eigenvalue weighted by Crippen LogP contribution is 2.33.